The number of hydrogen-bond donors (Lipinski definition) is 1. The number of rotatable bonds is 7. The molecule has 152 valence electrons. The van der Waals surface area contributed by atoms with Crippen LogP contribution in [0.15, 0.2) is 71.3 Å². The van der Waals surface area contributed by atoms with E-state index in [0.717, 1.165) is 54.6 Å². The highest BCUT2D eigenvalue weighted by Crippen LogP contribution is 2.44. The van der Waals surface area contributed by atoms with Crippen molar-refractivity contribution in [2.45, 2.75) is 44.4 Å². The van der Waals surface area contributed by atoms with E-state index in [4.69, 9.17) is 4.42 Å². The van der Waals surface area contributed by atoms with Crippen molar-refractivity contribution in [2.75, 3.05) is 14.1 Å². The predicted octanol–water partition coefficient (Wildman–Crippen LogP) is 4.88. The molecule has 1 heterocycles. The number of hydrogen-bond acceptors (Lipinski definition) is 3. The predicted molar refractivity (Wildman–Crippen MR) is 114 cm³/mol. The van der Waals surface area contributed by atoms with Crippen LogP contribution in [0.3, 0.4) is 0 Å². The zero-order valence-corrected chi connectivity index (χ0v) is 17.4. The summed E-state index contributed by atoms with van der Waals surface area (Å²) in [6.07, 6.45) is 6.09. The first-order chi connectivity index (χ1) is 14.0. The van der Waals surface area contributed by atoms with Gasteiger partial charge in [0.15, 0.2) is 11.4 Å². The second-order valence-electron chi connectivity index (χ2n) is 8.98. The van der Waals surface area contributed by atoms with Gasteiger partial charge < -0.3 is 14.0 Å². The van der Waals surface area contributed by atoms with Gasteiger partial charge in [0, 0.05) is 11.5 Å². The quantitative estimate of drug-likeness (QED) is 0.584. The summed E-state index contributed by atoms with van der Waals surface area (Å²) in [5.74, 6) is 1.39. The highest BCUT2D eigenvalue weighted by Gasteiger charge is 2.45. The molecule has 0 radical (unpaired) electrons. The molecule has 29 heavy (non-hydrogen) atoms. The molecule has 1 unspecified atom stereocenters. The van der Waals surface area contributed by atoms with Gasteiger partial charge in [0.05, 0.1) is 20.3 Å². The zero-order chi connectivity index (χ0) is 20.3. The molecule has 0 saturated heterocycles. The number of benzene rings is 2. The van der Waals surface area contributed by atoms with Gasteiger partial charge in [-0.3, -0.25) is 0 Å². The van der Waals surface area contributed by atoms with E-state index in [2.05, 4.69) is 43.3 Å². The summed E-state index contributed by atoms with van der Waals surface area (Å²) >= 11 is 0. The van der Waals surface area contributed by atoms with Gasteiger partial charge in [-0.25, -0.2) is 4.98 Å². The molecule has 1 aliphatic carbocycles. The van der Waals surface area contributed by atoms with Crippen LogP contribution in [0.1, 0.15) is 48.5 Å². The first-order valence-electron chi connectivity index (χ1n) is 10.6. The standard InChI is InChI=1S/C25H31N2O2/c1-27(2,18-20-11-5-3-6-12-20)19-23-17-26-24(29-23)25(28,22-15-9-10-16-22)21-13-7-4-8-14-21/h3-8,11-14,17,22,28H,9-10,15-16,18-19H2,1-2H3/q+1. The molecule has 2 aromatic carbocycles. The van der Waals surface area contributed by atoms with Crippen molar-refractivity contribution in [3.05, 3.63) is 89.6 Å². The SMILES string of the molecule is C[N+](C)(Cc1ccccc1)Cc1cnc(C(O)(c2ccccc2)C2CCCC2)o1. The second-order valence-corrected chi connectivity index (χ2v) is 8.98. The summed E-state index contributed by atoms with van der Waals surface area (Å²) in [5, 5.41) is 11.8. The third-order valence-corrected chi connectivity index (χ3v) is 6.08. The molecule has 1 saturated carbocycles. The van der Waals surface area contributed by atoms with Crippen LogP contribution in [-0.4, -0.2) is 28.7 Å². The molecule has 0 amide bonds. The third-order valence-electron chi connectivity index (χ3n) is 6.08. The van der Waals surface area contributed by atoms with Crippen molar-refractivity contribution in [3.8, 4) is 0 Å². The minimum absolute atomic E-state index is 0.142. The van der Waals surface area contributed by atoms with Crippen LogP contribution in [0, 0.1) is 5.92 Å². The Morgan fingerprint density at radius 2 is 1.59 bits per heavy atom. The van der Waals surface area contributed by atoms with E-state index in [-0.39, 0.29) is 5.92 Å². The van der Waals surface area contributed by atoms with Gasteiger partial charge in [-0.05, 0) is 18.4 Å². The van der Waals surface area contributed by atoms with Gasteiger partial charge in [0.2, 0.25) is 5.89 Å². The number of aliphatic hydroxyl groups is 1. The molecular weight excluding hydrogens is 360 g/mol. The second kappa shape index (κ2) is 8.13. The molecule has 1 atom stereocenters. The van der Waals surface area contributed by atoms with Gasteiger partial charge in [0.25, 0.3) is 0 Å². The monoisotopic (exact) mass is 391 g/mol. The fraction of sp³-hybridized carbons (Fsp3) is 0.400. The molecule has 0 spiro atoms. The molecular formula is C25H31N2O2+. The van der Waals surface area contributed by atoms with E-state index in [9.17, 15) is 5.11 Å². The Labute approximate surface area is 173 Å². The Bertz CT molecular complexity index is 914. The number of nitrogens with zero attached hydrogens (tertiary/aromatic N) is 2. The van der Waals surface area contributed by atoms with E-state index in [1.54, 1.807) is 6.20 Å². The van der Waals surface area contributed by atoms with Gasteiger partial charge >= 0.3 is 0 Å². The molecule has 1 N–H and O–H groups in total. The zero-order valence-electron chi connectivity index (χ0n) is 17.4. The first-order valence-corrected chi connectivity index (χ1v) is 10.6. The smallest absolute Gasteiger partial charge is 0.231 e. The molecule has 1 aliphatic rings. The molecule has 4 nitrogen and oxygen atoms in total. The molecule has 0 aliphatic heterocycles. The molecule has 1 aromatic heterocycles. The summed E-state index contributed by atoms with van der Waals surface area (Å²) in [4.78, 5) is 4.57. The first kappa shape index (κ1) is 19.9. The lowest BCUT2D eigenvalue weighted by molar-refractivity contribution is -0.917. The van der Waals surface area contributed by atoms with Gasteiger partial charge in [-0.1, -0.05) is 73.5 Å². The third kappa shape index (κ3) is 4.29. The molecule has 3 aromatic rings. The largest absolute Gasteiger partial charge is 0.436 e. The van der Waals surface area contributed by atoms with Crippen molar-refractivity contribution in [1.82, 2.24) is 4.98 Å². The van der Waals surface area contributed by atoms with E-state index in [0.29, 0.717) is 5.89 Å². The van der Waals surface area contributed by atoms with Crippen LogP contribution >= 0.6 is 0 Å². The maximum absolute atomic E-state index is 11.8. The van der Waals surface area contributed by atoms with E-state index in [1.165, 1.54) is 5.56 Å². The van der Waals surface area contributed by atoms with Crippen LogP contribution in [0.2, 0.25) is 0 Å². The number of aromatic nitrogens is 1. The fourth-order valence-electron chi connectivity index (χ4n) is 4.68. The van der Waals surface area contributed by atoms with Crippen LogP contribution in [-0.2, 0) is 18.7 Å². The lowest BCUT2D eigenvalue weighted by atomic mass is 9.80. The Morgan fingerprint density at radius 3 is 2.24 bits per heavy atom. The normalized spacial score (nSPS) is 17.3. The van der Waals surface area contributed by atoms with Crippen LogP contribution in [0.5, 0.6) is 0 Å². The Balaban J connectivity index is 1.59. The lowest BCUT2D eigenvalue weighted by Gasteiger charge is -2.32. The number of oxazole rings is 1. The summed E-state index contributed by atoms with van der Waals surface area (Å²) in [6, 6.07) is 20.4. The molecule has 1 fully saturated rings. The van der Waals surface area contributed by atoms with Gasteiger partial charge in [-0.15, -0.1) is 0 Å². The summed E-state index contributed by atoms with van der Waals surface area (Å²) in [6.45, 7) is 1.62. The van der Waals surface area contributed by atoms with Crippen LogP contribution in [0.25, 0.3) is 0 Å². The Kier molecular flexibility index (Phi) is 5.57. The Hall–Kier alpha value is -2.43. The summed E-state index contributed by atoms with van der Waals surface area (Å²) < 4.78 is 6.97. The van der Waals surface area contributed by atoms with Crippen molar-refractivity contribution in [3.63, 3.8) is 0 Å². The summed E-state index contributed by atoms with van der Waals surface area (Å²) in [5.41, 5.74) is 1.01. The van der Waals surface area contributed by atoms with Crippen molar-refractivity contribution in [1.29, 1.82) is 0 Å². The fourth-order valence-corrected chi connectivity index (χ4v) is 4.68. The maximum Gasteiger partial charge on any atom is 0.231 e. The van der Waals surface area contributed by atoms with Gasteiger partial charge in [-0.2, -0.15) is 0 Å². The highest BCUT2D eigenvalue weighted by atomic mass is 16.4. The maximum atomic E-state index is 11.8. The van der Waals surface area contributed by atoms with Crippen molar-refractivity contribution in [2.24, 2.45) is 5.92 Å². The highest BCUT2D eigenvalue weighted by molar-refractivity contribution is 5.30. The van der Waals surface area contributed by atoms with E-state index >= 15 is 0 Å². The molecule has 4 rings (SSSR count). The van der Waals surface area contributed by atoms with Crippen LogP contribution < -0.4 is 0 Å². The lowest BCUT2D eigenvalue weighted by Crippen LogP contribution is -2.37. The van der Waals surface area contributed by atoms with Crippen molar-refractivity contribution >= 4 is 0 Å². The average Bonchev–Trinajstić information content (AvgIpc) is 3.41. The Morgan fingerprint density at radius 1 is 0.966 bits per heavy atom. The van der Waals surface area contributed by atoms with E-state index in [1.807, 2.05) is 36.4 Å². The molecule has 0 bridgehead atoms. The molecule has 4 heteroatoms. The average molecular weight is 392 g/mol. The number of quaternary nitrogens is 1. The summed E-state index contributed by atoms with van der Waals surface area (Å²) in [7, 11) is 4.38. The van der Waals surface area contributed by atoms with E-state index < -0.39 is 5.60 Å². The van der Waals surface area contributed by atoms with Gasteiger partial charge in [0.1, 0.15) is 13.1 Å². The van der Waals surface area contributed by atoms with Crippen LogP contribution in [0.4, 0.5) is 0 Å². The minimum atomic E-state index is -1.16. The van der Waals surface area contributed by atoms with Crippen molar-refractivity contribution < 1.29 is 14.0 Å². The topological polar surface area (TPSA) is 46.3 Å². The minimum Gasteiger partial charge on any atom is -0.436 e.